The van der Waals surface area contributed by atoms with Crippen molar-refractivity contribution in [1.82, 2.24) is 0 Å². The lowest BCUT2D eigenvalue weighted by molar-refractivity contribution is -0.167. The number of allylic oxidation sites excluding steroid dienone is 6. The van der Waals surface area contributed by atoms with Gasteiger partial charge in [0.2, 0.25) is 0 Å². The van der Waals surface area contributed by atoms with Crippen LogP contribution in [0.25, 0.3) is 0 Å². The van der Waals surface area contributed by atoms with E-state index in [0.29, 0.717) is 19.3 Å². The number of hydrogen-bond acceptors (Lipinski definition) is 6. The van der Waals surface area contributed by atoms with Crippen molar-refractivity contribution >= 4 is 17.9 Å². The zero-order chi connectivity index (χ0) is 50.0. The summed E-state index contributed by atoms with van der Waals surface area (Å²) >= 11 is 0. The highest BCUT2D eigenvalue weighted by Gasteiger charge is 2.19. The highest BCUT2D eigenvalue weighted by atomic mass is 16.6. The van der Waals surface area contributed by atoms with Crippen molar-refractivity contribution in [2.75, 3.05) is 13.2 Å². The predicted molar refractivity (Wildman–Crippen MR) is 298 cm³/mol. The quantitative estimate of drug-likeness (QED) is 0.0261. The lowest BCUT2D eigenvalue weighted by Crippen LogP contribution is -2.30. The molecule has 0 spiro atoms. The Morgan fingerprint density at radius 1 is 0.290 bits per heavy atom. The van der Waals surface area contributed by atoms with Crippen LogP contribution in [0.5, 0.6) is 0 Å². The van der Waals surface area contributed by atoms with Crippen molar-refractivity contribution in [2.24, 2.45) is 0 Å². The SMILES string of the molecule is CCCCC/C=C\C/C=C\CCCCCCCCCCCC(=O)OCC(COC(=O)CCCCCCC/C=C\CCCCCCCC)OC(=O)CCCCCCCCCCCCCCCCCCC. The molecule has 0 bridgehead atoms. The minimum Gasteiger partial charge on any atom is -0.462 e. The first-order valence-corrected chi connectivity index (χ1v) is 30.5. The molecular weight excluding hydrogens is 853 g/mol. The number of esters is 3. The van der Waals surface area contributed by atoms with E-state index in [0.717, 1.165) is 70.6 Å². The maximum Gasteiger partial charge on any atom is 0.306 e. The van der Waals surface area contributed by atoms with E-state index in [4.69, 9.17) is 14.2 Å². The summed E-state index contributed by atoms with van der Waals surface area (Å²) in [6, 6.07) is 0. The van der Waals surface area contributed by atoms with Gasteiger partial charge in [-0.1, -0.05) is 269 Å². The Balaban J connectivity index is 4.34. The summed E-state index contributed by atoms with van der Waals surface area (Å²) in [7, 11) is 0. The average molecular weight is 970 g/mol. The summed E-state index contributed by atoms with van der Waals surface area (Å²) in [5, 5.41) is 0. The van der Waals surface area contributed by atoms with E-state index in [1.165, 1.54) is 218 Å². The summed E-state index contributed by atoms with van der Waals surface area (Å²) < 4.78 is 16.9. The number of hydrogen-bond donors (Lipinski definition) is 0. The van der Waals surface area contributed by atoms with E-state index < -0.39 is 6.10 Å². The van der Waals surface area contributed by atoms with Crippen LogP contribution in [0.2, 0.25) is 0 Å². The molecule has 0 aromatic heterocycles. The lowest BCUT2D eigenvalue weighted by atomic mass is 10.0. The topological polar surface area (TPSA) is 78.9 Å². The predicted octanol–water partition coefficient (Wildman–Crippen LogP) is 20.4. The second kappa shape index (κ2) is 58.2. The van der Waals surface area contributed by atoms with Crippen LogP contribution in [0.15, 0.2) is 36.5 Å². The molecule has 0 aromatic rings. The van der Waals surface area contributed by atoms with Crippen molar-refractivity contribution < 1.29 is 28.6 Å². The first kappa shape index (κ1) is 66.6. The zero-order valence-electron chi connectivity index (χ0n) is 46.3. The molecule has 0 heterocycles. The van der Waals surface area contributed by atoms with Gasteiger partial charge in [0, 0.05) is 19.3 Å². The van der Waals surface area contributed by atoms with Gasteiger partial charge in [-0.15, -0.1) is 0 Å². The van der Waals surface area contributed by atoms with E-state index in [2.05, 4.69) is 57.2 Å². The second-order valence-corrected chi connectivity index (χ2v) is 20.6. The third-order valence-electron chi connectivity index (χ3n) is 13.6. The first-order valence-electron chi connectivity index (χ1n) is 30.5. The fraction of sp³-hybridized carbons (Fsp3) is 0.857. The average Bonchev–Trinajstić information content (AvgIpc) is 3.35. The van der Waals surface area contributed by atoms with Crippen LogP contribution < -0.4 is 0 Å². The molecule has 0 aliphatic carbocycles. The minimum atomic E-state index is -0.774. The largest absolute Gasteiger partial charge is 0.462 e. The van der Waals surface area contributed by atoms with Gasteiger partial charge in [-0.3, -0.25) is 14.4 Å². The van der Waals surface area contributed by atoms with Crippen LogP contribution in [0, 0.1) is 0 Å². The fourth-order valence-electron chi connectivity index (χ4n) is 9.00. The van der Waals surface area contributed by atoms with Crippen molar-refractivity contribution in [3.05, 3.63) is 36.5 Å². The Labute approximate surface area is 429 Å². The molecule has 0 rings (SSSR count). The van der Waals surface area contributed by atoms with Crippen molar-refractivity contribution in [3.8, 4) is 0 Å². The Kier molecular flexibility index (Phi) is 56.2. The maximum absolute atomic E-state index is 12.9. The van der Waals surface area contributed by atoms with Gasteiger partial charge in [-0.2, -0.15) is 0 Å². The van der Waals surface area contributed by atoms with Crippen LogP contribution in [0.1, 0.15) is 329 Å². The molecule has 0 aromatic carbocycles. The van der Waals surface area contributed by atoms with Gasteiger partial charge in [-0.25, -0.2) is 0 Å². The molecule has 6 nitrogen and oxygen atoms in total. The molecule has 1 atom stereocenters. The van der Waals surface area contributed by atoms with E-state index >= 15 is 0 Å². The molecule has 0 saturated carbocycles. The number of unbranched alkanes of at least 4 members (excludes halogenated alkanes) is 39. The molecule has 0 aliphatic heterocycles. The number of ether oxygens (including phenoxy) is 3. The molecule has 0 amide bonds. The summed E-state index contributed by atoms with van der Waals surface area (Å²) in [5.41, 5.74) is 0. The maximum atomic E-state index is 12.9. The zero-order valence-corrected chi connectivity index (χ0v) is 46.3. The second-order valence-electron chi connectivity index (χ2n) is 20.6. The van der Waals surface area contributed by atoms with Crippen molar-refractivity contribution in [2.45, 2.75) is 335 Å². The Bertz CT molecular complexity index is 1160. The lowest BCUT2D eigenvalue weighted by Gasteiger charge is -2.18. The molecule has 1 unspecified atom stereocenters. The molecule has 0 saturated heterocycles. The number of carbonyl (C=O) groups excluding carboxylic acids is 3. The van der Waals surface area contributed by atoms with Gasteiger partial charge in [0.25, 0.3) is 0 Å². The van der Waals surface area contributed by atoms with Gasteiger partial charge in [0.15, 0.2) is 6.10 Å². The normalized spacial score (nSPS) is 12.2. The van der Waals surface area contributed by atoms with Crippen LogP contribution in [-0.2, 0) is 28.6 Å². The summed E-state index contributed by atoms with van der Waals surface area (Å²) in [6.07, 6.45) is 69.9. The molecule has 404 valence electrons. The van der Waals surface area contributed by atoms with Crippen LogP contribution >= 0.6 is 0 Å². The summed E-state index contributed by atoms with van der Waals surface area (Å²) in [5.74, 6) is -0.864. The number of carbonyl (C=O) groups is 3. The van der Waals surface area contributed by atoms with Crippen molar-refractivity contribution in [3.63, 3.8) is 0 Å². The van der Waals surface area contributed by atoms with Crippen LogP contribution in [0.4, 0.5) is 0 Å². The first-order chi connectivity index (χ1) is 34.0. The summed E-state index contributed by atoms with van der Waals surface area (Å²) in [6.45, 7) is 6.65. The third-order valence-corrected chi connectivity index (χ3v) is 13.6. The monoisotopic (exact) mass is 969 g/mol. The van der Waals surface area contributed by atoms with Gasteiger partial charge >= 0.3 is 17.9 Å². The molecule has 69 heavy (non-hydrogen) atoms. The van der Waals surface area contributed by atoms with Crippen molar-refractivity contribution in [1.29, 1.82) is 0 Å². The minimum absolute atomic E-state index is 0.0731. The summed E-state index contributed by atoms with van der Waals surface area (Å²) in [4.78, 5) is 38.2. The van der Waals surface area contributed by atoms with Gasteiger partial charge in [0.1, 0.15) is 13.2 Å². The van der Waals surface area contributed by atoms with Gasteiger partial charge < -0.3 is 14.2 Å². The van der Waals surface area contributed by atoms with E-state index in [-0.39, 0.29) is 31.1 Å². The molecule has 0 radical (unpaired) electrons. The molecular formula is C63H116O6. The molecule has 6 heteroatoms. The van der Waals surface area contributed by atoms with Gasteiger partial charge in [-0.05, 0) is 77.0 Å². The molecule has 0 N–H and O–H groups in total. The highest BCUT2D eigenvalue weighted by Crippen LogP contribution is 2.17. The Hall–Kier alpha value is -2.37. The van der Waals surface area contributed by atoms with Crippen LogP contribution in [-0.4, -0.2) is 37.2 Å². The molecule has 0 aliphatic rings. The Morgan fingerprint density at radius 2 is 0.522 bits per heavy atom. The van der Waals surface area contributed by atoms with E-state index in [9.17, 15) is 14.4 Å². The third kappa shape index (κ3) is 56.4. The smallest absolute Gasteiger partial charge is 0.306 e. The van der Waals surface area contributed by atoms with Gasteiger partial charge in [0.05, 0.1) is 0 Å². The highest BCUT2D eigenvalue weighted by molar-refractivity contribution is 5.71. The standard InChI is InChI=1S/C63H116O6/c1-4-7-10-13-16-19-22-25-28-30-31-33-35-38-41-44-47-50-53-56-62(65)68-59-60(58-67-61(64)55-52-49-46-43-40-37-34-27-24-21-18-15-12-9-6-3)69-63(66)57-54-51-48-45-42-39-36-32-29-26-23-20-17-14-11-8-5-2/h16,19,25,27-28,34,60H,4-15,17-18,20-24,26,29-33,35-59H2,1-3H3/b19-16-,28-25-,34-27-. The number of rotatable bonds is 56. The Morgan fingerprint density at radius 3 is 0.841 bits per heavy atom. The van der Waals surface area contributed by atoms with E-state index in [1.54, 1.807) is 0 Å². The van der Waals surface area contributed by atoms with Crippen LogP contribution in [0.3, 0.4) is 0 Å². The van der Waals surface area contributed by atoms with E-state index in [1.807, 2.05) is 0 Å². The fourth-order valence-corrected chi connectivity index (χ4v) is 9.00. The molecule has 0 fully saturated rings.